The van der Waals surface area contributed by atoms with Crippen LogP contribution in [0.1, 0.15) is 16.2 Å². The molecule has 1 aromatic heterocycles. The Labute approximate surface area is 70.1 Å². The highest BCUT2D eigenvalue weighted by Crippen LogP contribution is 2.31. The average molecular weight is 163 g/mol. The van der Waals surface area contributed by atoms with Gasteiger partial charge in [0.25, 0.3) is 0 Å². The van der Waals surface area contributed by atoms with Gasteiger partial charge in [0.2, 0.25) is 0 Å². The van der Waals surface area contributed by atoms with Crippen LogP contribution in [0.2, 0.25) is 0 Å². The maximum absolute atomic E-state index is 4.33. The van der Waals surface area contributed by atoms with Crippen LogP contribution in [0.15, 0.2) is 17.1 Å². The molecule has 0 saturated heterocycles. The topological polar surface area (TPSA) is 12.4 Å². The van der Waals surface area contributed by atoms with Crippen LogP contribution in [-0.2, 0) is 0 Å². The fourth-order valence-corrected chi connectivity index (χ4v) is 2.02. The smallest absolute Gasteiger partial charge is 0.0808 e. The second-order valence-corrected chi connectivity index (χ2v) is 3.84. The molecule has 0 aliphatic carbocycles. The molecule has 1 aliphatic rings. The molecule has 2 rings (SSSR count). The van der Waals surface area contributed by atoms with Crippen molar-refractivity contribution in [2.45, 2.75) is 13.3 Å². The van der Waals surface area contributed by atoms with E-state index in [1.807, 2.05) is 6.21 Å². The van der Waals surface area contributed by atoms with Gasteiger partial charge in [-0.05, 0) is 19.1 Å². The number of hydrogen-bond donors (Lipinski definition) is 0. The third-order valence-electron chi connectivity index (χ3n) is 1.60. The largest absolute Gasteiger partial charge is 0.259 e. The molecule has 0 N–H and O–H groups in total. The van der Waals surface area contributed by atoms with Crippen molar-refractivity contribution in [3.63, 3.8) is 0 Å². The highest BCUT2D eigenvalue weighted by molar-refractivity contribution is 7.13. The normalized spacial score (nSPS) is 14.6. The van der Waals surface area contributed by atoms with Gasteiger partial charge in [0, 0.05) is 17.5 Å². The second kappa shape index (κ2) is 2.62. The summed E-state index contributed by atoms with van der Waals surface area (Å²) in [6.07, 6.45) is 7.21. The molecule has 0 radical (unpaired) electrons. The summed E-state index contributed by atoms with van der Waals surface area (Å²) in [6.45, 7) is 2.11. The molecule has 56 valence electrons. The van der Waals surface area contributed by atoms with E-state index in [1.165, 1.54) is 9.75 Å². The lowest BCUT2D eigenvalue weighted by molar-refractivity contribution is 1.50. The average Bonchev–Trinajstić information content (AvgIpc) is 2.17. The zero-order valence-electron chi connectivity index (χ0n) is 6.37. The first-order chi connectivity index (χ1) is 5.36. The van der Waals surface area contributed by atoms with Gasteiger partial charge in [0.15, 0.2) is 0 Å². The number of thiophene rings is 1. The summed E-state index contributed by atoms with van der Waals surface area (Å²) in [5, 5.41) is 0. The number of nitrogens with zero attached hydrogens (tertiary/aromatic N) is 1. The van der Waals surface area contributed by atoms with Gasteiger partial charge in [-0.2, -0.15) is 0 Å². The first kappa shape index (κ1) is 6.80. The monoisotopic (exact) mass is 163 g/mol. The van der Waals surface area contributed by atoms with Crippen molar-refractivity contribution < 1.29 is 0 Å². The second-order valence-electron chi connectivity index (χ2n) is 2.56. The van der Waals surface area contributed by atoms with Crippen molar-refractivity contribution >= 4 is 29.3 Å². The molecule has 11 heavy (non-hydrogen) atoms. The molecule has 2 heterocycles. The Kier molecular flexibility index (Phi) is 1.62. The fraction of sp³-hybridized carbons (Fsp3) is 0.222. The van der Waals surface area contributed by atoms with E-state index < -0.39 is 0 Å². The minimum absolute atomic E-state index is 0.959. The van der Waals surface area contributed by atoms with Crippen molar-refractivity contribution in [2.75, 3.05) is 0 Å². The SMILES string of the molecule is Cc1cc2c(s1)C=CCC=N2. The zero-order chi connectivity index (χ0) is 7.68. The van der Waals surface area contributed by atoms with Crippen LogP contribution in [-0.4, -0.2) is 6.21 Å². The molecule has 0 unspecified atom stereocenters. The molecular formula is C9H9NS. The predicted molar refractivity (Wildman–Crippen MR) is 50.9 cm³/mol. The molecule has 0 atom stereocenters. The number of aryl methyl sites for hydroxylation is 1. The van der Waals surface area contributed by atoms with Crippen LogP contribution >= 0.6 is 11.3 Å². The molecule has 0 bridgehead atoms. The van der Waals surface area contributed by atoms with Crippen LogP contribution in [0.3, 0.4) is 0 Å². The first-order valence-corrected chi connectivity index (χ1v) is 4.47. The Balaban J connectivity index is 2.56. The van der Waals surface area contributed by atoms with E-state index >= 15 is 0 Å². The van der Waals surface area contributed by atoms with E-state index in [-0.39, 0.29) is 0 Å². The molecule has 0 fully saturated rings. The summed E-state index contributed by atoms with van der Waals surface area (Å²) in [4.78, 5) is 6.95. The number of fused-ring (bicyclic) bond motifs is 1. The van der Waals surface area contributed by atoms with Gasteiger partial charge in [0.05, 0.1) is 10.6 Å². The molecule has 1 aromatic rings. The standard InChI is InChI=1S/C9H9NS/c1-7-6-8-9(11-7)4-2-3-5-10-8/h2,4-6H,3H2,1H3. The van der Waals surface area contributed by atoms with Crippen molar-refractivity contribution in [1.82, 2.24) is 0 Å². The number of aliphatic imine (C=N–C) groups is 1. The van der Waals surface area contributed by atoms with Gasteiger partial charge < -0.3 is 0 Å². The Morgan fingerprint density at radius 2 is 2.45 bits per heavy atom. The number of hydrogen-bond acceptors (Lipinski definition) is 2. The van der Waals surface area contributed by atoms with Crippen LogP contribution in [0, 0.1) is 6.92 Å². The maximum atomic E-state index is 4.33. The first-order valence-electron chi connectivity index (χ1n) is 3.66. The van der Waals surface area contributed by atoms with E-state index in [9.17, 15) is 0 Å². The molecule has 1 aliphatic heterocycles. The number of allylic oxidation sites excluding steroid dienone is 1. The Hall–Kier alpha value is -0.890. The van der Waals surface area contributed by atoms with E-state index in [2.05, 4.69) is 30.1 Å². The highest BCUT2D eigenvalue weighted by atomic mass is 32.1. The van der Waals surface area contributed by atoms with Crippen molar-refractivity contribution in [3.05, 3.63) is 21.9 Å². The Bertz CT molecular complexity index is 291. The minimum atomic E-state index is 0.959. The summed E-state index contributed by atoms with van der Waals surface area (Å²) < 4.78 is 0. The summed E-state index contributed by atoms with van der Waals surface area (Å²) in [5.41, 5.74) is 1.13. The lowest BCUT2D eigenvalue weighted by Gasteiger charge is -1.84. The van der Waals surface area contributed by atoms with Gasteiger partial charge in [-0.1, -0.05) is 6.08 Å². The molecule has 0 saturated carbocycles. The van der Waals surface area contributed by atoms with Crippen molar-refractivity contribution in [3.8, 4) is 0 Å². The quantitative estimate of drug-likeness (QED) is 0.557. The highest BCUT2D eigenvalue weighted by Gasteiger charge is 2.02. The van der Waals surface area contributed by atoms with E-state index in [0.717, 1.165) is 12.1 Å². The molecule has 2 heteroatoms. The van der Waals surface area contributed by atoms with Gasteiger partial charge in [0.1, 0.15) is 0 Å². The lowest BCUT2D eigenvalue weighted by Crippen LogP contribution is -1.63. The summed E-state index contributed by atoms with van der Waals surface area (Å²) in [7, 11) is 0. The third kappa shape index (κ3) is 1.26. The molecular weight excluding hydrogens is 154 g/mol. The van der Waals surface area contributed by atoms with E-state index in [4.69, 9.17) is 0 Å². The summed E-state index contributed by atoms with van der Waals surface area (Å²) in [6, 6.07) is 2.13. The van der Waals surface area contributed by atoms with Gasteiger partial charge >= 0.3 is 0 Å². The van der Waals surface area contributed by atoms with Crippen LogP contribution in [0.25, 0.3) is 6.08 Å². The predicted octanol–water partition coefficient (Wildman–Crippen LogP) is 3.18. The maximum Gasteiger partial charge on any atom is 0.0808 e. The third-order valence-corrected chi connectivity index (χ3v) is 2.61. The van der Waals surface area contributed by atoms with Crippen LogP contribution < -0.4 is 0 Å². The summed E-state index contributed by atoms with van der Waals surface area (Å²) in [5.74, 6) is 0. The number of rotatable bonds is 0. The molecule has 0 amide bonds. The van der Waals surface area contributed by atoms with Crippen molar-refractivity contribution in [2.24, 2.45) is 4.99 Å². The molecule has 0 aromatic carbocycles. The Morgan fingerprint density at radius 1 is 1.55 bits per heavy atom. The van der Waals surface area contributed by atoms with Crippen LogP contribution in [0.5, 0.6) is 0 Å². The Morgan fingerprint density at radius 3 is 3.36 bits per heavy atom. The fourth-order valence-electron chi connectivity index (χ4n) is 1.13. The van der Waals surface area contributed by atoms with E-state index in [1.54, 1.807) is 11.3 Å². The van der Waals surface area contributed by atoms with E-state index in [0.29, 0.717) is 0 Å². The van der Waals surface area contributed by atoms with Gasteiger partial charge in [-0.3, -0.25) is 4.99 Å². The zero-order valence-corrected chi connectivity index (χ0v) is 7.19. The summed E-state index contributed by atoms with van der Waals surface area (Å²) >= 11 is 1.80. The molecule has 1 nitrogen and oxygen atoms in total. The lowest BCUT2D eigenvalue weighted by atomic mass is 10.3. The minimum Gasteiger partial charge on any atom is -0.259 e. The molecule has 0 spiro atoms. The van der Waals surface area contributed by atoms with Gasteiger partial charge in [-0.25, -0.2) is 0 Å². The van der Waals surface area contributed by atoms with Gasteiger partial charge in [-0.15, -0.1) is 11.3 Å². The van der Waals surface area contributed by atoms with Crippen molar-refractivity contribution in [1.29, 1.82) is 0 Å². The van der Waals surface area contributed by atoms with Crippen LogP contribution in [0.4, 0.5) is 5.69 Å².